The summed E-state index contributed by atoms with van der Waals surface area (Å²) in [5.41, 5.74) is 1.44. The van der Waals surface area contributed by atoms with Crippen LogP contribution >= 0.6 is 11.3 Å². The van der Waals surface area contributed by atoms with Gasteiger partial charge in [0, 0.05) is 6.42 Å². The molecule has 84 valence electrons. The van der Waals surface area contributed by atoms with Crippen LogP contribution in [-0.4, -0.2) is 15.0 Å². The number of aromatic nitrogens is 3. The Morgan fingerprint density at radius 1 is 1.24 bits per heavy atom. The molecule has 0 bridgehead atoms. The highest BCUT2D eigenvalue weighted by atomic mass is 32.1. The number of aromatic amines is 1. The maximum atomic E-state index is 11.5. The maximum Gasteiger partial charge on any atom is 0.278 e. The van der Waals surface area contributed by atoms with E-state index in [0.717, 1.165) is 11.4 Å². The highest BCUT2D eigenvalue weighted by molar-refractivity contribution is 7.18. The summed E-state index contributed by atoms with van der Waals surface area (Å²) >= 11 is 1.46. The van der Waals surface area contributed by atoms with E-state index in [1.54, 1.807) is 0 Å². The first-order valence-electron chi connectivity index (χ1n) is 5.20. The summed E-state index contributed by atoms with van der Waals surface area (Å²) in [6.07, 6.45) is 2.15. The lowest BCUT2D eigenvalue weighted by molar-refractivity contribution is 1.13. The lowest BCUT2D eigenvalue weighted by atomic mass is 10.2. The van der Waals surface area contributed by atoms with E-state index in [1.165, 1.54) is 23.2 Å². The van der Waals surface area contributed by atoms with Crippen LogP contribution < -0.4 is 5.56 Å². The van der Waals surface area contributed by atoms with Crippen LogP contribution in [0.25, 0.3) is 10.3 Å². The van der Waals surface area contributed by atoms with Gasteiger partial charge < -0.3 is 4.98 Å². The van der Waals surface area contributed by atoms with Crippen molar-refractivity contribution in [3.63, 3.8) is 0 Å². The highest BCUT2D eigenvalue weighted by Crippen LogP contribution is 2.19. The molecule has 1 N–H and O–H groups in total. The number of rotatable bonds is 2. The Morgan fingerprint density at radius 2 is 2.06 bits per heavy atom. The van der Waals surface area contributed by atoms with E-state index in [4.69, 9.17) is 0 Å². The average molecular weight is 243 g/mol. The van der Waals surface area contributed by atoms with E-state index >= 15 is 0 Å². The molecule has 0 fully saturated rings. The minimum absolute atomic E-state index is 0.175. The maximum absolute atomic E-state index is 11.5. The van der Waals surface area contributed by atoms with Crippen LogP contribution in [0.1, 0.15) is 10.6 Å². The van der Waals surface area contributed by atoms with Gasteiger partial charge in [-0.3, -0.25) is 4.79 Å². The van der Waals surface area contributed by atoms with Crippen molar-refractivity contribution in [2.24, 2.45) is 0 Å². The summed E-state index contributed by atoms with van der Waals surface area (Å²) in [4.78, 5) is 23.1. The fourth-order valence-electron chi connectivity index (χ4n) is 1.65. The molecule has 0 amide bonds. The Bertz CT molecular complexity index is 702. The minimum Gasteiger partial charge on any atom is -0.311 e. The standard InChI is InChI=1S/C12H9N3OS/c16-11-10-12(14-7-13-11)17-9(15-10)6-8-4-2-1-3-5-8/h1-5,7H,6H2,(H,13,14,16). The average Bonchev–Trinajstić information content (AvgIpc) is 2.74. The molecule has 0 radical (unpaired) electrons. The molecule has 0 unspecified atom stereocenters. The van der Waals surface area contributed by atoms with Gasteiger partial charge >= 0.3 is 0 Å². The quantitative estimate of drug-likeness (QED) is 0.748. The molecule has 0 saturated carbocycles. The second-order valence-electron chi connectivity index (χ2n) is 3.66. The number of hydrogen-bond acceptors (Lipinski definition) is 4. The molecular formula is C12H9N3OS. The van der Waals surface area contributed by atoms with Crippen molar-refractivity contribution in [2.75, 3.05) is 0 Å². The molecule has 2 heterocycles. The van der Waals surface area contributed by atoms with Crippen LogP contribution in [0, 0.1) is 0 Å². The molecule has 0 aliphatic carbocycles. The van der Waals surface area contributed by atoms with Crippen LogP contribution in [0.3, 0.4) is 0 Å². The number of hydrogen-bond donors (Lipinski definition) is 1. The zero-order valence-electron chi connectivity index (χ0n) is 8.88. The van der Waals surface area contributed by atoms with Gasteiger partial charge in [-0.25, -0.2) is 9.97 Å². The normalized spacial score (nSPS) is 10.8. The zero-order chi connectivity index (χ0) is 11.7. The van der Waals surface area contributed by atoms with Gasteiger partial charge in [-0.05, 0) is 5.56 Å². The summed E-state index contributed by atoms with van der Waals surface area (Å²) < 4.78 is 0. The topological polar surface area (TPSA) is 58.6 Å². The van der Waals surface area contributed by atoms with Crippen molar-refractivity contribution in [1.29, 1.82) is 0 Å². The first kappa shape index (κ1) is 10.2. The molecule has 5 heteroatoms. The molecule has 3 rings (SSSR count). The van der Waals surface area contributed by atoms with Crippen LogP contribution in [0.15, 0.2) is 41.5 Å². The smallest absolute Gasteiger partial charge is 0.278 e. The van der Waals surface area contributed by atoms with E-state index in [-0.39, 0.29) is 5.56 Å². The van der Waals surface area contributed by atoms with Gasteiger partial charge in [0.05, 0.1) is 6.33 Å². The largest absolute Gasteiger partial charge is 0.311 e. The Hall–Kier alpha value is -2.01. The van der Waals surface area contributed by atoms with Crippen molar-refractivity contribution in [3.8, 4) is 0 Å². The molecular weight excluding hydrogens is 234 g/mol. The van der Waals surface area contributed by atoms with Gasteiger partial charge in [0.15, 0.2) is 10.3 Å². The van der Waals surface area contributed by atoms with Gasteiger partial charge in [-0.15, -0.1) is 0 Å². The second-order valence-corrected chi connectivity index (χ2v) is 4.72. The van der Waals surface area contributed by atoms with Gasteiger partial charge in [-0.2, -0.15) is 0 Å². The summed E-state index contributed by atoms with van der Waals surface area (Å²) in [5, 5.41) is 0.912. The lowest BCUT2D eigenvalue weighted by Gasteiger charge is -1.95. The van der Waals surface area contributed by atoms with Crippen LogP contribution in [0.2, 0.25) is 0 Å². The predicted molar refractivity (Wildman–Crippen MR) is 67.3 cm³/mol. The molecule has 0 atom stereocenters. The zero-order valence-corrected chi connectivity index (χ0v) is 9.70. The molecule has 1 aromatic carbocycles. The van der Waals surface area contributed by atoms with Crippen molar-refractivity contribution in [1.82, 2.24) is 15.0 Å². The lowest BCUT2D eigenvalue weighted by Crippen LogP contribution is -2.05. The third kappa shape index (κ3) is 1.97. The van der Waals surface area contributed by atoms with E-state index in [1.807, 2.05) is 30.3 Å². The number of H-pyrrole nitrogens is 1. The Morgan fingerprint density at radius 3 is 2.82 bits per heavy atom. The first-order valence-corrected chi connectivity index (χ1v) is 6.01. The van der Waals surface area contributed by atoms with Crippen molar-refractivity contribution >= 4 is 21.7 Å². The molecule has 4 nitrogen and oxygen atoms in total. The number of benzene rings is 1. The van der Waals surface area contributed by atoms with E-state index in [0.29, 0.717) is 10.3 Å². The molecule has 0 aliphatic rings. The van der Waals surface area contributed by atoms with Gasteiger partial charge in [0.1, 0.15) is 5.01 Å². The van der Waals surface area contributed by atoms with Gasteiger partial charge in [-0.1, -0.05) is 41.7 Å². The Labute approximate surface area is 101 Å². The highest BCUT2D eigenvalue weighted by Gasteiger charge is 2.08. The van der Waals surface area contributed by atoms with Crippen molar-refractivity contribution < 1.29 is 0 Å². The van der Waals surface area contributed by atoms with E-state index in [2.05, 4.69) is 15.0 Å². The first-order chi connectivity index (χ1) is 8.33. The van der Waals surface area contributed by atoms with E-state index in [9.17, 15) is 4.79 Å². The number of nitrogens with zero attached hydrogens (tertiary/aromatic N) is 2. The molecule has 17 heavy (non-hydrogen) atoms. The van der Waals surface area contributed by atoms with Crippen molar-refractivity contribution in [3.05, 3.63) is 57.6 Å². The van der Waals surface area contributed by atoms with Crippen LogP contribution in [0.5, 0.6) is 0 Å². The van der Waals surface area contributed by atoms with E-state index < -0.39 is 0 Å². The summed E-state index contributed by atoms with van der Waals surface area (Å²) in [7, 11) is 0. The van der Waals surface area contributed by atoms with Crippen molar-refractivity contribution in [2.45, 2.75) is 6.42 Å². The number of fused-ring (bicyclic) bond motifs is 1. The molecule has 2 aromatic heterocycles. The molecule has 0 spiro atoms. The third-order valence-corrected chi connectivity index (χ3v) is 3.41. The Kier molecular flexibility index (Phi) is 2.45. The number of thiazole rings is 1. The molecule has 3 aromatic rings. The predicted octanol–water partition coefficient (Wildman–Crippen LogP) is 1.97. The third-order valence-electron chi connectivity index (χ3n) is 2.44. The Balaban J connectivity index is 2.02. The minimum atomic E-state index is -0.175. The van der Waals surface area contributed by atoms with Gasteiger partial charge in [0.2, 0.25) is 0 Å². The SMILES string of the molecule is O=c1[nH]cnc2sc(Cc3ccccc3)nc12. The number of nitrogens with one attached hydrogen (secondary N) is 1. The fourth-order valence-corrected chi connectivity index (χ4v) is 2.59. The molecule has 0 aliphatic heterocycles. The monoisotopic (exact) mass is 243 g/mol. The summed E-state index contributed by atoms with van der Waals surface area (Å²) in [5.74, 6) is 0. The fraction of sp³-hybridized carbons (Fsp3) is 0.0833. The molecule has 0 saturated heterocycles. The van der Waals surface area contributed by atoms with Crippen LogP contribution in [-0.2, 0) is 6.42 Å². The van der Waals surface area contributed by atoms with Gasteiger partial charge in [0.25, 0.3) is 5.56 Å². The second kappa shape index (κ2) is 4.10. The summed E-state index contributed by atoms with van der Waals surface area (Å²) in [6.45, 7) is 0. The summed E-state index contributed by atoms with van der Waals surface area (Å²) in [6, 6.07) is 10.1. The van der Waals surface area contributed by atoms with Crippen LogP contribution in [0.4, 0.5) is 0 Å².